The molecule has 0 fully saturated rings. The number of carbonyl (C=O) groups is 1. The molecule has 76 valence electrons. The van der Waals surface area contributed by atoms with Gasteiger partial charge in [-0.3, -0.25) is 0 Å². The predicted molar refractivity (Wildman–Crippen MR) is 59.0 cm³/mol. The number of phenols is 1. The SMILES string of the molecule is CSc1ccc(C)c(O)c1CCC=O. The highest BCUT2D eigenvalue weighted by molar-refractivity contribution is 7.98. The summed E-state index contributed by atoms with van der Waals surface area (Å²) in [7, 11) is 0. The van der Waals surface area contributed by atoms with Crippen molar-refractivity contribution in [2.24, 2.45) is 0 Å². The van der Waals surface area contributed by atoms with Crippen LogP contribution in [0.2, 0.25) is 0 Å². The molecule has 0 aliphatic carbocycles. The molecule has 0 aliphatic rings. The molecule has 0 atom stereocenters. The number of hydrogen-bond donors (Lipinski definition) is 1. The average molecular weight is 210 g/mol. The summed E-state index contributed by atoms with van der Waals surface area (Å²) in [6.45, 7) is 1.86. The summed E-state index contributed by atoms with van der Waals surface area (Å²) >= 11 is 1.59. The van der Waals surface area contributed by atoms with Crippen molar-refractivity contribution in [3.8, 4) is 5.75 Å². The number of rotatable bonds is 4. The quantitative estimate of drug-likeness (QED) is 0.613. The van der Waals surface area contributed by atoms with Gasteiger partial charge in [0.05, 0.1) is 0 Å². The Bertz CT molecular complexity index is 334. The third-order valence-electron chi connectivity index (χ3n) is 2.17. The highest BCUT2D eigenvalue weighted by Gasteiger charge is 2.09. The van der Waals surface area contributed by atoms with Crippen molar-refractivity contribution < 1.29 is 9.90 Å². The lowest BCUT2D eigenvalue weighted by Crippen LogP contribution is -1.92. The van der Waals surface area contributed by atoms with Gasteiger partial charge in [-0.05, 0) is 31.2 Å². The molecule has 0 saturated carbocycles. The summed E-state index contributed by atoms with van der Waals surface area (Å²) in [5.74, 6) is 0.332. The first-order valence-corrected chi connectivity index (χ1v) is 5.72. The number of hydrogen-bond acceptors (Lipinski definition) is 3. The van der Waals surface area contributed by atoms with Crippen LogP contribution in [0.4, 0.5) is 0 Å². The maximum atomic E-state index is 10.3. The minimum absolute atomic E-state index is 0.332. The molecule has 1 aromatic carbocycles. The summed E-state index contributed by atoms with van der Waals surface area (Å²) < 4.78 is 0. The Morgan fingerprint density at radius 3 is 2.79 bits per heavy atom. The van der Waals surface area contributed by atoms with E-state index < -0.39 is 0 Å². The number of phenolic OH excluding ortho intramolecular Hbond substituents is 1. The highest BCUT2D eigenvalue weighted by Crippen LogP contribution is 2.31. The van der Waals surface area contributed by atoms with E-state index in [2.05, 4.69) is 0 Å². The molecule has 0 heterocycles. The van der Waals surface area contributed by atoms with Gasteiger partial charge in [0.1, 0.15) is 12.0 Å². The fourth-order valence-electron chi connectivity index (χ4n) is 1.37. The van der Waals surface area contributed by atoms with Crippen LogP contribution < -0.4 is 0 Å². The normalized spacial score (nSPS) is 10.1. The van der Waals surface area contributed by atoms with E-state index >= 15 is 0 Å². The second-order valence-electron chi connectivity index (χ2n) is 3.12. The van der Waals surface area contributed by atoms with Crippen LogP contribution in [0.25, 0.3) is 0 Å². The van der Waals surface area contributed by atoms with Crippen LogP contribution in [0.15, 0.2) is 17.0 Å². The predicted octanol–water partition coefficient (Wildman–Crippen LogP) is 2.55. The largest absolute Gasteiger partial charge is 0.507 e. The summed E-state index contributed by atoms with van der Waals surface area (Å²) in [4.78, 5) is 11.3. The summed E-state index contributed by atoms with van der Waals surface area (Å²) in [6, 6.07) is 3.88. The number of aromatic hydroxyl groups is 1. The smallest absolute Gasteiger partial charge is 0.122 e. The van der Waals surface area contributed by atoms with Gasteiger partial charge in [0.25, 0.3) is 0 Å². The van der Waals surface area contributed by atoms with Gasteiger partial charge in [-0.2, -0.15) is 0 Å². The molecule has 1 rings (SSSR count). The van der Waals surface area contributed by atoms with Gasteiger partial charge in [0.15, 0.2) is 0 Å². The van der Waals surface area contributed by atoms with E-state index in [1.165, 1.54) is 0 Å². The van der Waals surface area contributed by atoms with E-state index in [-0.39, 0.29) is 0 Å². The van der Waals surface area contributed by atoms with Crippen LogP contribution in [0.5, 0.6) is 5.75 Å². The lowest BCUT2D eigenvalue weighted by Gasteiger charge is -2.10. The number of benzene rings is 1. The summed E-state index contributed by atoms with van der Waals surface area (Å²) in [5.41, 5.74) is 1.76. The minimum atomic E-state index is 0.332. The maximum Gasteiger partial charge on any atom is 0.122 e. The minimum Gasteiger partial charge on any atom is -0.507 e. The first kappa shape index (κ1) is 11.1. The Morgan fingerprint density at radius 1 is 1.50 bits per heavy atom. The van der Waals surface area contributed by atoms with Crippen LogP contribution in [-0.4, -0.2) is 17.6 Å². The summed E-state index contributed by atoms with van der Waals surface area (Å²) in [6.07, 6.45) is 3.93. The zero-order chi connectivity index (χ0) is 10.6. The first-order valence-electron chi connectivity index (χ1n) is 4.49. The molecule has 0 saturated heterocycles. The lowest BCUT2D eigenvalue weighted by atomic mass is 10.1. The van der Waals surface area contributed by atoms with Crippen molar-refractivity contribution in [3.05, 3.63) is 23.3 Å². The third-order valence-corrected chi connectivity index (χ3v) is 3.00. The first-order chi connectivity index (χ1) is 6.70. The van der Waals surface area contributed by atoms with Crippen molar-refractivity contribution in [2.75, 3.05) is 6.26 Å². The molecule has 3 heteroatoms. The monoisotopic (exact) mass is 210 g/mol. The van der Waals surface area contributed by atoms with Gasteiger partial charge in [0, 0.05) is 16.9 Å². The van der Waals surface area contributed by atoms with Crippen LogP contribution >= 0.6 is 11.8 Å². The molecule has 0 spiro atoms. The van der Waals surface area contributed by atoms with Crippen molar-refractivity contribution in [2.45, 2.75) is 24.7 Å². The van der Waals surface area contributed by atoms with E-state index in [1.54, 1.807) is 11.8 Å². The number of carbonyl (C=O) groups excluding carboxylic acids is 1. The van der Waals surface area contributed by atoms with Gasteiger partial charge >= 0.3 is 0 Å². The molecule has 0 bridgehead atoms. The molecule has 14 heavy (non-hydrogen) atoms. The maximum absolute atomic E-state index is 10.3. The van der Waals surface area contributed by atoms with Gasteiger partial charge in [-0.1, -0.05) is 6.07 Å². The zero-order valence-corrected chi connectivity index (χ0v) is 9.23. The van der Waals surface area contributed by atoms with E-state index in [0.717, 1.165) is 22.3 Å². The van der Waals surface area contributed by atoms with Crippen LogP contribution in [-0.2, 0) is 11.2 Å². The molecule has 1 aromatic rings. The fraction of sp³-hybridized carbons (Fsp3) is 0.364. The molecule has 0 aliphatic heterocycles. The lowest BCUT2D eigenvalue weighted by molar-refractivity contribution is -0.107. The molecular formula is C11H14O2S. The van der Waals surface area contributed by atoms with E-state index in [0.29, 0.717) is 18.6 Å². The second kappa shape index (κ2) is 5.05. The Labute approximate surface area is 88.3 Å². The number of thioether (sulfide) groups is 1. The molecule has 2 nitrogen and oxygen atoms in total. The standard InChI is InChI=1S/C11H14O2S/c1-8-5-6-10(14-2)9(11(8)13)4-3-7-12/h5-7,13H,3-4H2,1-2H3. The molecule has 0 radical (unpaired) electrons. The van der Waals surface area contributed by atoms with Gasteiger partial charge in [0.2, 0.25) is 0 Å². The number of aldehydes is 1. The molecule has 1 N–H and O–H groups in total. The van der Waals surface area contributed by atoms with Crippen LogP contribution in [0.1, 0.15) is 17.5 Å². The number of aryl methyl sites for hydroxylation is 1. The van der Waals surface area contributed by atoms with Gasteiger partial charge in [-0.25, -0.2) is 0 Å². The Hall–Kier alpha value is -0.960. The van der Waals surface area contributed by atoms with Crippen molar-refractivity contribution in [3.63, 3.8) is 0 Å². The topological polar surface area (TPSA) is 37.3 Å². The Balaban J connectivity index is 3.07. The van der Waals surface area contributed by atoms with E-state index in [1.807, 2.05) is 25.3 Å². The van der Waals surface area contributed by atoms with E-state index in [9.17, 15) is 9.90 Å². The zero-order valence-electron chi connectivity index (χ0n) is 8.41. The molecule has 0 amide bonds. The summed E-state index contributed by atoms with van der Waals surface area (Å²) in [5, 5.41) is 9.81. The van der Waals surface area contributed by atoms with E-state index in [4.69, 9.17) is 0 Å². The van der Waals surface area contributed by atoms with Gasteiger partial charge < -0.3 is 9.90 Å². The molecule has 0 aromatic heterocycles. The molecular weight excluding hydrogens is 196 g/mol. The fourth-order valence-corrected chi connectivity index (χ4v) is 2.02. The van der Waals surface area contributed by atoms with Gasteiger partial charge in [-0.15, -0.1) is 11.8 Å². The average Bonchev–Trinajstić information content (AvgIpc) is 2.20. The van der Waals surface area contributed by atoms with Crippen molar-refractivity contribution >= 4 is 18.0 Å². The highest BCUT2D eigenvalue weighted by atomic mass is 32.2. The van der Waals surface area contributed by atoms with Crippen molar-refractivity contribution in [1.82, 2.24) is 0 Å². The Kier molecular flexibility index (Phi) is 4.01. The molecule has 0 unspecified atom stereocenters. The Morgan fingerprint density at radius 2 is 2.21 bits per heavy atom. The van der Waals surface area contributed by atoms with Crippen molar-refractivity contribution in [1.29, 1.82) is 0 Å². The van der Waals surface area contributed by atoms with Crippen LogP contribution in [0, 0.1) is 6.92 Å². The van der Waals surface area contributed by atoms with Crippen LogP contribution in [0.3, 0.4) is 0 Å². The second-order valence-corrected chi connectivity index (χ2v) is 3.97. The third kappa shape index (κ3) is 2.29.